The zero-order chi connectivity index (χ0) is 26.8. The number of halogens is 1. The predicted molar refractivity (Wildman–Crippen MR) is 158 cm³/mol. The number of Topliss-reactive ketones (excluding diaryl/α,β-unsaturated/α-hetero) is 1. The molecular weight excluding hydrogens is 504 g/mol. The number of nitrogen functional groups attached to an aromatic ring is 1. The highest BCUT2D eigenvalue weighted by atomic mass is 35.5. The van der Waals surface area contributed by atoms with E-state index in [1.54, 1.807) is 6.20 Å². The van der Waals surface area contributed by atoms with Crippen molar-refractivity contribution < 1.29 is 4.79 Å². The molecule has 2 aromatic heterocycles. The van der Waals surface area contributed by atoms with Gasteiger partial charge < -0.3 is 10.7 Å². The summed E-state index contributed by atoms with van der Waals surface area (Å²) in [5.74, 6) is 7.55. The summed E-state index contributed by atoms with van der Waals surface area (Å²) in [5, 5.41) is 2.39. The van der Waals surface area contributed by atoms with Gasteiger partial charge in [0.1, 0.15) is 11.6 Å². The van der Waals surface area contributed by atoms with Crippen molar-refractivity contribution in [2.75, 3.05) is 5.73 Å². The number of pyridine rings is 1. The van der Waals surface area contributed by atoms with Gasteiger partial charge in [-0.05, 0) is 48.4 Å². The fourth-order valence-electron chi connectivity index (χ4n) is 4.53. The Labute approximate surface area is 230 Å². The molecule has 0 atom stereocenters. The van der Waals surface area contributed by atoms with Gasteiger partial charge in [-0.1, -0.05) is 78.0 Å². The number of fused-ring (bicyclic) bond motifs is 2. The average molecular weight is 527 g/mol. The van der Waals surface area contributed by atoms with Crippen molar-refractivity contribution in [3.63, 3.8) is 0 Å². The molecule has 0 aliphatic heterocycles. The molecule has 0 aliphatic carbocycles. The highest BCUT2D eigenvalue weighted by Gasteiger charge is 2.09. The van der Waals surface area contributed by atoms with Gasteiger partial charge in [0.25, 0.3) is 0 Å². The normalized spacial score (nSPS) is 10.9. The monoisotopic (exact) mass is 526 g/mol. The van der Waals surface area contributed by atoms with Gasteiger partial charge in [-0.25, -0.2) is 9.97 Å². The van der Waals surface area contributed by atoms with E-state index < -0.39 is 0 Å². The van der Waals surface area contributed by atoms with Crippen LogP contribution < -0.4 is 5.73 Å². The van der Waals surface area contributed by atoms with Gasteiger partial charge in [0.2, 0.25) is 0 Å². The Kier molecular flexibility index (Phi) is 6.54. The van der Waals surface area contributed by atoms with Gasteiger partial charge in [0.05, 0.1) is 16.6 Å². The summed E-state index contributed by atoms with van der Waals surface area (Å²) in [5.41, 5.74) is 12.3. The van der Waals surface area contributed by atoms with Crippen molar-refractivity contribution in [1.29, 1.82) is 0 Å². The number of ketones is 1. The van der Waals surface area contributed by atoms with Crippen LogP contribution in [0.5, 0.6) is 0 Å². The molecule has 0 fully saturated rings. The first-order chi connectivity index (χ1) is 19.0. The molecule has 4 aromatic carbocycles. The minimum absolute atomic E-state index is 0.0907. The Hall–Kier alpha value is -4.92. The molecule has 0 saturated carbocycles. The molecule has 6 aromatic rings. The van der Waals surface area contributed by atoms with Crippen LogP contribution in [-0.2, 0) is 6.42 Å². The Morgan fingerprint density at radius 3 is 2.51 bits per heavy atom. The largest absolute Gasteiger partial charge is 0.383 e. The van der Waals surface area contributed by atoms with E-state index in [1.165, 1.54) is 0 Å². The summed E-state index contributed by atoms with van der Waals surface area (Å²) in [6.45, 7) is 0. The Bertz CT molecular complexity index is 1860. The molecule has 2 heterocycles. The maximum Gasteiger partial charge on any atom is 0.163 e. The molecule has 0 aliphatic rings. The Morgan fingerprint density at radius 2 is 1.72 bits per heavy atom. The fourth-order valence-corrected chi connectivity index (χ4v) is 4.70. The summed E-state index contributed by atoms with van der Waals surface area (Å²) in [7, 11) is 0. The van der Waals surface area contributed by atoms with E-state index in [0.717, 1.165) is 44.3 Å². The Morgan fingerprint density at radius 1 is 0.923 bits per heavy atom. The molecule has 5 nitrogen and oxygen atoms in total. The standard InChI is InChI=1S/C33H23ClN4O/c34-26-16-15-25-20-36-32(35)27(28(25)19-26)17-9-21-5-11-23(12-6-21)31(39)18-10-22-7-13-24(14-8-22)33-37-29-3-1-2-4-30(29)38-33/h1-8,11-16,19-20H,10,18H2,(H2,35,36)(H,37,38). The number of carbonyl (C=O) groups excluding carboxylic acids is 1. The average Bonchev–Trinajstić information content (AvgIpc) is 3.40. The molecule has 0 bridgehead atoms. The first kappa shape index (κ1) is 24.4. The van der Waals surface area contributed by atoms with Crippen LogP contribution in [0, 0.1) is 11.8 Å². The first-order valence-corrected chi connectivity index (χ1v) is 12.9. The van der Waals surface area contributed by atoms with Crippen LogP contribution in [0.25, 0.3) is 33.2 Å². The van der Waals surface area contributed by atoms with Crippen LogP contribution in [0.3, 0.4) is 0 Å². The second-order valence-electron chi connectivity index (χ2n) is 9.30. The number of anilines is 1. The van der Waals surface area contributed by atoms with E-state index >= 15 is 0 Å². The van der Waals surface area contributed by atoms with Crippen molar-refractivity contribution in [1.82, 2.24) is 15.0 Å². The number of aromatic nitrogens is 3. The second-order valence-corrected chi connectivity index (χ2v) is 9.74. The number of rotatable bonds is 5. The Balaban J connectivity index is 1.11. The number of imidazole rings is 1. The molecule has 6 rings (SSSR count). The molecule has 6 heteroatoms. The highest BCUT2D eigenvalue weighted by molar-refractivity contribution is 6.31. The molecule has 39 heavy (non-hydrogen) atoms. The number of para-hydroxylation sites is 2. The van der Waals surface area contributed by atoms with Crippen molar-refractivity contribution >= 4 is 45.0 Å². The van der Waals surface area contributed by atoms with Gasteiger partial charge in [0.15, 0.2) is 5.78 Å². The topological polar surface area (TPSA) is 84.7 Å². The van der Waals surface area contributed by atoms with E-state index in [2.05, 4.69) is 38.9 Å². The van der Waals surface area contributed by atoms with Crippen LogP contribution >= 0.6 is 11.6 Å². The number of nitrogens with two attached hydrogens (primary N) is 1. The lowest BCUT2D eigenvalue weighted by molar-refractivity contribution is 0.0983. The fraction of sp³-hybridized carbons (Fsp3) is 0.0606. The number of nitrogens with zero attached hydrogens (tertiary/aromatic N) is 2. The number of aryl methyl sites for hydroxylation is 1. The SMILES string of the molecule is Nc1ncc2ccc(Cl)cc2c1C#Cc1ccc(C(=O)CCc2ccc(-c3nc4ccccc4[nH]3)cc2)cc1. The highest BCUT2D eigenvalue weighted by Crippen LogP contribution is 2.25. The predicted octanol–water partition coefficient (Wildman–Crippen LogP) is 7.23. The van der Waals surface area contributed by atoms with E-state index in [4.69, 9.17) is 17.3 Å². The van der Waals surface area contributed by atoms with Crippen LogP contribution in [0.2, 0.25) is 5.02 Å². The molecule has 3 N–H and O–H groups in total. The van der Waals surface area contributed by atoms with E-state index in [1.807, 2.05) is 78.9 Å². The number of benzene rings is 4. The molecule has 0 spiro atoms. The number of carbonyl (C=O) groups is 1. The maximum atomic E-state index is 12.8. The summed E-state index contributed by atoms with van der Waals surface area (Å²) >= 11 is 6.17. The van der Waals surface area contributed by atoms with Crippen LogP contribution in [0.15, 0.2) is 97.2 Å². The van der Waals surface area contributed by atoms with Gasteiger partial charge in [-0.15, -0.1) is 0 Å². The zero-order valence-corrected chi connectivity index (χ0v) is 21.7. The molecule has 0 amide bonds. The number of hydrogen-bond donors (Lipinski definition) is 2. The molecular formula is C33H23ClN4O. The molecule has 0 unspecified atom stereocenters. The van der Waals surface area contributed by atoms with Gasteiger partial charge in [-0.3, -0.25) is 4.79 Å². The van der Waals surface area contributed by atoms with Gasteiger partial charge in [-0.2, -0.15) is 0 Å². The summed E-state index contributed by atoms with van der Waals surface area (Å²) in [4.78, 5) is 25.1. The lowest BCUT2D eigenvalue weighted by Gasteiger charge is -2.04. The van der Waals surface area contributed by atoms with Gasteiger partial charge >= 0.3 is 0 Å². The number of hydrogen-bond acceptors (Lipinski definition) is 4. The van der Waals surface area contributed by atoms with E-state index in [9.17, 15) is 4.79 Å². The summed E-state index contributed by atoms with van der Waals surface area (Å²) < 4.78 is 0. The minimum Gasteiger partial charge on any atom is -0.383 e. The third kappa shape index (κ3) is 5.24. The van der Waals surface area contributed by atoms with Gasteiger partial charge in [0, 0.05) is 45.1 Å². The first-order valence-electron chi connectivity index (χ1n) is 12.6. The molecule has 188 valence electrons. The van der Waals surface area contributed by atoms with E-state index in [-0.39, 0.29) is 5.78 Å². The number of nitrogens with one attached hydrogen (secondary N) is 1. The van der Waals surface area contributed by atoms with Crippen LogP contribution in [0.1, 0.15) is 33.5 Å². The van der Waals surface area contributed by atoms with Crippen molar-refractivity contribution in [3.05, 3.63) is 124 Å². The van der Waals surface area contributed by atoms with Crippen LogP contribution in [-0.4, -0.2) is 20.7 Å². The number of aromatic amines is 1. The quantitative estimate of drug-likeness (QED) is 0.183. The summed E-state index contributed by atoms with van der Waals surface area (Å²) in [6.07, 6.45) is 2.80. The van der Waals surface area contributed by atoms with Crippen LogP contribution in [0.4, 0.5) is 5.82 Å². The second kappa shape index (κ2) is 10.4. The van der Waals surface area contributed by atoms with Crippen molar-refractivity contribution in [2.45, 2.75) is 12.8 Å². The van der Waals surface area contributed by atoms with Crippen molar-refractivity contribution in [2.24, 2.45) is 0 Å². The zero-order valence-electron chi connectivity index (χ0n) is 20.9. The summed E-state index contributed by atoms with van der Waals surface area (Å²) in [6, 6.07) is 29.0. The molecule has 0 saturated heterocycles. The van der Waals surface area contributed by atoms with E-state index in [0.29, 0.717) is 34.8 Å². The third-order valence-electron chi connectivity index (χ3n) is 6.68. The third-order valence-corrected chi connectivity index (χ3v) is 6.91. The number of H-pyrrole nitrogens is 1. The maximum absolute atomic E-state index is 12.8. The minimum atomic E-state index is 0.0907. The molecule has 0 radical (unpaired) electrons. The lowest BCUT2D eigenvalue weighted by Crippen LogP contribution is -2.01. The lowest BCUT2D eigenvalue weighted by atomic mass is 10.0. The smallest absolute Gasteiger partial charge is 0.163 e. The van der Waals surface area contributed by atoms with Crippen molar-refractivity contribution in [3.8, 4) is 23.2 Å².